The third-order valence-electron chi connectivity index (χ3n) is 2.93. The molecule has 1 aromatic carbocycles. The fourth-order valence-electron chi connectivity index (χ4n) is 1.59. The van der Waals surface area contributed by atoms with Crippen LogP contribution >= 0.6 is 31.9 Å². The molecule has 0 heterocycles. The Balaban J connectivity index is 2.17. The van der Waals surface area contributed by atoms with Crippen molar-refractivity contribution in [2.24, 2.45) is 0 Å². The van der Waals surface area contributed by atoms with Crippen LogP contribution < -0.4 is 5.32 Å². The molecule has 2 rings (SSSR count). The number of aryl methyl sites for hydroxylation is 1. The molecule has 1 saturated carbocycles. The second-order valence-electron chi connectivity index (χ2n) is 4.33. The van der Waals surface area contributed by atoms with Gasteiger partial charge in [0.15, 0.2) is 0 Å². The Hall–Kier alpha value is -0.350. The van der Waals surface area contributed by atoms with Crippen LogP contribution in [0.1, 0.15) is 28.8 Å². The molecule has 0 spiro atoms. The van der Waals surface area contributed by atoms with Crippen molar-refractivity contribution >= 4 is 37.8 Å². The summed E-state index contributed by atoms with van der Waals surface area (Å²) in [5.41, 5.74) is 1.76. The molecule has 0 unspecified atom stereocenters. The first-order chi connectivity index (χ1) is 7.56. The summed E-state index contributed by atoms with van der Waals surface area (Å²) >= 11 is 6.83. The van der Waals surface area contributed by atoms with Gasteiger partial charge in [-0.2, -0.15) is 0 Å². The van der Waals surface area contributed by atoms with Crippen LogP contribution in [0.2, 0.25) is 0 Å². The van der Waals surface area contributed by atoms with E-state index in [4.69, 9.17) is 0 Å². The topological polar surface area (TPSA) is 29.1 Å². The Morgan fingerprint density at radius 3 is 2.75 bits per heavy atom. The lowest BCUT2D eigenvalue weighted by atomic mass is 10.1. The summed E-state index contributed by atoms with van der Waals surface area (Å²) in [6, 6.07) is 5.77. The summed E-state index contributed by atoms with van der Waals surface area (Å²) in [6.07, 6.45) is 2.13. The van der Waals surface area contributed by atoms with Crippen molar-refractivity contribution < 1.29 is 4.79 Å². The molecule has 1 aliphatic carbocycles. The Kier molecular flexibility index (Phi) is 3.40. The lowest BCUT2D eigenvalue weighted by molar-refractivity contribution is 0.0936. The van der Waals surface area contributed by atoms with Gasteiger partial charge >= 0.3 is 0 Å². The highest BCUT2D eigenvalue weighted by Crippen LogP contribution is 2.37. The Morgan fingerprint density at radius 1 is 1.50 bits per heavy atom. The zero-order valence-corrected chi connectivity index (χ0v) is 12.2. The van der Waals surface area contributed by atoms with Crippen molar-refractivity contribution in [1.29, 1.82) is 0 Å². The van der Waals surface area contributed by atoms with Gasteiger partial charge in [-0.1, -0.05) is 37.9 Å². The molecule has 16 heavy (non-hydrogen) atoms. The Labute approximate surface area is 112 Å². The number of hydrogen-bond acceptors (Lipinski definition) is 1. The van der Waals surface area contributed by atoms with Crippen LogP contribution in [-0.2, 0) is 0 Å². The van der Waals surface area contributed by atoms with E-state index in [0.29, 0.717) is 0 Å². The van der Waals surface area contributed by atoms with Gasteiger partial charge in [-0.3, -0.25) is 4.79 Å². The molecule has 0 atom stereocenters. The normalized spacial score (nSPS) is 16.9. The van der Waals surface area contributed by atoms with E-state index in [1.54, 1.807) is 0 Å². The predicted octanol–water partition coefficient (Wildman–Crippen LogP) is 3.41. The molecular weight excluding hydrogens is 334 g/mol. The lowest BCUT2D eigenvalue weighted by Crippen LogP contribution is -2.38. The molecule has 0 aromatic heterocycles. The molecule has 1 amide bonds. The third-order valence-corrected chi connectivity index (χ3v) is 4.50. The first-order valence-corrected chi connectivity index (χ1v) is 7.12. The van der Waals surface area contributed by atoms with E-state index >= 15 is 0 Å². The maximum absolute atomic E-state index is 12.1. The molecule has 0 radical (unpaired) electrons. The quantitative estimate of drug-likeness (QED) is 0.835. The van der Waals surface area contributed by atoms with Crippen molar-refractivity contribution in [2.75, 3.05) is 5.33 Å². The number of benzene rings is 1. The van der Waals surface area contributed by atoms with Gasteiger partial charge in [0.05, 0.1) is 5.54 Å². The van der Waals surface area contributed by atoms with Crippen molar-refractivity contribution in [3.63, 3.8) is 0 Å². The van der Waals surface area contributed by atoms with Crippen LogP contribution in [0.4, 0.5) is 0 Å². The van der Waals surface area contributed by atoms with Gasteiger partial charge in [0.2, 0.25) is 0 Å². The van der Waals surface area contributed by atoms with E-state index in [1.165, 1.54) is 0 Å². The average Bonchev–Trinajstić information content (AvgIpc) is 3.02. The summed E-state index contributed by atoms with van der Waals surface area (Å²) in [4.78, 5) is 12.1. The van der Waals surface area contributed by atoms with Gasteiger partial charge in [-0.15, -0.1) is 0 Å². The number of amides is 1. The van der Waals surface area contributed by atoms with Gasteiger partial charge in [0.25, 0.3) is 5.91 Å². The molecule has 1 N–H and O–H groups in total. The summed E-state index contributed by atoms with van der Waals surface area (Å²) in [6.45, 7) is 1.95. The van der Waals surface area contributed by atoms with E-state index in [2.05, 4.69) is 37.2 Å². The van der Waals surface area contributed by atoms with E-state index in [-0.39, 0.29) is 11.4 Å². The molecule has 4 heteroatoms. The van der Waals surface area contributed by atoms with Gasteiger partial charge in [-0.05, 0) is 37.5 Å². The smallest absolute Gasteiger partial charge is 0.252 e. The molecule has 86 valence electrons. The summed E-state index contributed by atoms with van der Waals surface area (Å²) in [5, 5.41) is 3.93. The first-order valence-electron chi connectivity index (χ1n) is 5.21. The van der Waals surface area contributed by atoms with Crippen LogP contribution in [0.25, 0.3) is 0 Å². The van der Waals surface area contributed by atoms with Crippen LogP contribution in [-0.4, -0.2) is 16.8 Å². The fourth-order valence-corrected chi connectivity index (χ4v) is 2.65. The minimum absolute atomic E-state index is 0.00579. The largest absolute Gasteiger partial charge is 0.346 e. The van der Waals surface area contributed by atoms with Crippen molar-refractivity contribution in [3.05, 3.63) is 33.8 Å². The van der Waals surface area contributed by atoms with Crippen LogP contribution in [0, 0.1) is 6.92 Å². The SMILES string of the molecule is Cc1ccc(Br)cc1C(=O)NC1(CBr)CC1. The Morgan fingerprint density at radius 2 is 2.19 bits per heavy atom. The molecule has 0 bridgehead atoms. The molecule has 1 aliphatic rings. The van der Waals surface area contributed by atoms with Gasteiger partial charge in [0.1, 0.15) is 0 Å². The van der Waals surface area contributed by atoms with E-state index in [1.807, 2.05) is 25.1 Å². The number of nitrogens with one attached hydrogen (secondary N) is 1. The number of rotatable bonds is 3. The van der Waals surface area contributed by atoms with Gasteiger partial charge in [-0.25, -0.2) is 0 Å². The number of hydrogen-bond donors (Lipinski definition) is 1. The number of halogens is 2. The molecule has 1 fully saturated rings. The van der Waals surface area contributed by atoms with Crippen LogP contribution in [0.5, 0.6) is 0 Å². The second-order valence-corrected chi connectivity index (χ2v) is 5.80. The molecular formula is C12H13Br2NO. The highest BCUT2D eigenvalue weighted by Gasteiger charge is 2.43. The monoisotopic (exact) mass is 345 g/mol. The first kappa shape index (κ1) is 12.1. The molecule has 1 aromatic rings. The fraction of sp³-hybridized carbons (Fsp3) is 0.417. The molecule has 0 saturated heterocycles. The summed E-state index contributed by atoms with van der Waals surface area (Å²) in [7, 11) is 0. The zero-order chi connectivity index (χ0) is 11.8. The van der Waals surface area contributed by atoms with Crippen LogP contribution in [0.15, 0.2) is 22.7 Å². The highest BCUT2D eigenvalue weighted by molar-refractivity contribution is 9.10. The number of carbonyl (C=O) groups excluding carboxylic acids is 1. The minimum Gasteiger partial charge on any atom is -0.346 e. The standard InChI is InChI=1S/C12H13Br2NO/c1-8-2-3-9(14)6-10(8)11(16)15-12(7-13)4-5-12/h2-3,6H,4-5,7H2,1H3,(H,15,16). The second kappa shape index (κ2) is 4.49. The van der Waals surface area contributed by atoms with Crippen LogP contribution in [0.3, 0.4) is 0 Å². The van der Waals surface area contributed by atoms with E-state index < -0.39 is 0 Å². The predicted molar refractivity (Wildman–Crippen MR) is 72.1 cm³/mol. The maximum Gasteiger partial charge on any atom is 0.252 e. The minimum atomic E-state index is 0.00579. The van der Waals surface area contributed by atoms with Crippen molar-refractivity contribution in [2.45, 2.75) is 25.3 Å². The highest BCUT2D eigenvalue weighted by atomic mass is 79.9. The van der Waals surface area contributed by atoms with E-state index in [0.717, 1.165) is 33.8 Å². The van der Waals surface area contributed by atoms with Crippen molar-refractivity contribution in [1.82, 2.24) is 5.32 Å². The van der Waals surface area contributed by atoms with E-state index in [9.17, 15) is 4.79 Å². The number of carbonyl (C=O) groups is 1. The summed E-state index contributed by atoms with van der Waals surface area (Å²) < 4.78 is 0.937. The van der Waals surface area contributed by atoms with Crippen molar-refractivity contribution in [3.8, 4) is 0 Å². The Bertz CT molecular complexity index is 427. The van der Waals surface area contributed by atoms with Gasteiger partial charge < -0.3 is 5.32 Å². The number of alkyl halides is 1. The zero-order valence-electron chi connectivity index (χ0n) is 9.02. The molecule has 2 nitrogen and oxygen atoms in total. The average molecular weight is 347 g/mol. The maximum atomic E-state index is 12.1. The van der Waals surface area contributed by atoms with Gasteiger partial charge in [0, 0.05) is 15.4 Å². The third kappa shape index (κ3) is 2.48. The molecule has 0 aliphatic heterocycles. The lowest BCUT2D eigenvalue weighted by Gasteiger charge is -2.15. The summed E-state index contributed by atoms with van der Waals surface area (Å²) in [5.74, 6) is 0.0238.